The van der Waals surface area contributed by atoms with Crippen molar-refractivity contribution in [1.29, 1.82) is 0 Å². The summed E-state index contributed by atoms with van der Waals surface area (Å²) < 4.78 is 39.6. The summed E-state index contributed by atoms with van der Waals surface area (Å²) in [6, 6.07) is 1.92. The first-order valence-corrected chi connectivity index (χ1v) is 7.04. The molecular weight excluding hydrogens is 269 g/mol. The van der Waals surface area contributed by atoms with Crippen LogP contribution in [0.3, 0.4) is 0 Å². The van der Waals surface area contributed by atoms with Gasteiger partial charge in [-0.25, -0.2) is 0 Å². The Kier molecular flexibility index (Phi) is 4.14. The van der Waals surface area contributed by atoms with E-state index < -0.39 is 17.7 Å². The van der Waals surface area contributed by atoms with E-state index in [0.717, 1.165) is 17.8 Å². The minimum atomic E-state index is -4.14. The van der Waals surface area contributed by atoms with Crippen LogP contribution in [0.4, 0.5) is 13.2 Å². The van der Waals surface area contributed by atoms with Crippen LogP contribution in [0.5, 0.6) is 0 Å². The number of hydrogen-bond acceptors (Lipinski definition) is 2. The van der Waals surface area contributed by atoms with E-state index in [9.17, 15) is 18.3 Å². The second-order valence-corrected chi connectivity index (χ2v) is 5.82. The number of aryl methyl sites for hydroxylation is 2. The van der Waals surface area contributed by atoms with Crippen LogP contribution < -0.4 is 0 Å². The van der Waals surface area contributed by atoms with Gasteiger partial charge in [0, 0.05) is 19.2 Å². The Morgan fingerprint density at radius 3 is 2.45 bits per heavy atom. The minimum absolute atomic E-state index is 0.0124. The highest BCUT2D eigenvalue weighted by molar-refractivity contribution is 5.13. The van der Waals surface area contributed by atoms with E-state index >= 15 is 0 Å². The zero-order valence-corrected chi connectivity index (χ0v) is 11.9. The van der Waals surface area contributed by atoms with Gasteiger partial charge in [0.05, 0.1) is 17.2 Å². The summed E-state index contributed by atoms with van der Waals surface area (Å²) in [4.78, 5) is 0. The SMILES string of the molecule is CCc1cc(CC2(O)CCC(C(F)(F)F)CC2)n(C)n1. The Balaban J connectivity index is 2.01. The van der Waals surface area contributed by atoms with E-state index in [1.165, 1.54) is 0 Å². The lowest BCUT2D eigenvalue weighted by molar-refractivity contribution is -0.192. The third-order valence-corrected chi connectivity index (χ3v) is 4.28. The number of rotatable bonds is 3. The van der Waals surface area contributed by atoms with E-state index in [-0.39, 0.29) is 25.7 Å². The molecule has 114 valence electrons. The summed E-state index contributed by atoms with van der Waals surface area (Å²) in [6.45, 7) is 2.00. The molecule has 0 unspecified atom stereocenters. The molecule has 0 aliphatic heterocycles. The largest absolute Gasteiger partial charge is 0.391 e. The van der Waals surface area contributed by atoms with Crippen LogP contribution >= 0.6 is 0 Å². The fourth-order valence-corrected chi connectivity index (χ4v) is 2.91. The molecule has 1 heterocycles. The summed E-state index contributed by atoms with van der Waals surface area (Å²) in [6.07, 6.45) is -2.53. The number of nitrogens with zero attached hydrogens (tertiary/aromatic N) is 2. The normalized spacial score (nSPS) is 27.8. The molecule has 2 rings (SSSR count). The lowest BCUT2D eigenvalue weighted by atomic mass is 9.76. The van der Waals surface area contributed by atoms with Crippen molar-refractivity contribution in [3.8, 4) is 0 Å². The van der Waals surface area contributed by atoms with Crippen LogP contribution in [0.15, 0.2) is 6.07 Å². The molecule has 1 aromatic heterocycles. The third kappa shape index (κ3) is 3.34. The molecule has 0 spiro atoms. The van der Waals surface area contributed by atoms with Gasteiger partial charge in [-0.15, -0.1) is 0 Å². The van der Waals surface area contributed by atoms with Gasteiger partial charge in [0.1, 0.15) is 0 Å². The summed E-state index contributed by atoms with van der Waals surface area (Å²) in [5, 5.41) is 14.8. The molecule has 0 saturated heterocycles. The van der Waals surface area contributed by atoms with Crippen LogP contribution in [0.1, 0.15) is 44.0 Å². The summed E-state index contributed by atoms with van der Waals surface area (Å²) in [5.74, 6) is -1.26. The highest BCUT2D eigenvalue weighted by atomic mass is 19.4. The molecule has 0 radical (unpaired) electrons. The molecule has 0 aromatic carbocycles. The fourth-order valence-electron chi connectivity index (χ4n) is 2.91. The van der Waals surface area contributed by atoms with Crippen molar-refractivity contribution in [2.45, 2.75) is 57.2 Å². The van der Waals surface area contributed by atoms with Gasteiger partial charge >= 0.3 is 6.18 Å². The summed E-state index contributed by atoms with van der Waals surface area (Å²) in [7, 11) is 1.80. The van der Waals surface area contributed by atoms with Crippen LogP contribution in [0.25, 0.3) is 0 Å². The van der Waals surface area contributed by atoms with Crippen LogP contribution in [0.2, 0.25) is 0 Å². The van der Waals surface area contributed by atoms with Crippen molar-refractivity contribution >= 4 is 0 Å². The molecule has 1 saturated carbocycles. The van der Waals surface area contributed by atoms with Crippen molar-refractivity contribution < 1.29 is 18.3 Å². The highest BCUT2D eigenvalue weighted by Crippen LogP contribution is 2.42. The molecular formula is C14H21F3N2O. The van der Waals surface area contributed by atoms with Crippen LogP contribution in [0, 0.1) is 5.92 Å². The van der Waals surface area contributed by atoms with Gasteiger partial charge in [-0.2, -0.15) is 18.3 Å². The summed E-state index contributed by atoms with van der Waals surface area (Å²) >= 11 is 0. The first-order chi connectivity index (χ1) is 9.23. The molecule has 6 heteroatoms. The molecule has 0 atom stereocenters. The van der Waals surface area contributed by atoms with Gasteiger partial charge < -0.3 is 5.11 Å². The summed E-state index contributed by atoms with van der Waals surface area (Å²) in [5.41, 5.74) is 0.797. The maximum Gasteiger partial charge on any atom is 0.391 e. The Hall–Kier alpha value is -1.04. The molecule has 20 heavy (non-hydrogen) atoms. The average Bonchev–Trinajstić information content (AvgIpc) is 2.69. The number of alkyl halides is 3. The molecule has 1 aliphatic rings. The number of aliphatic hydroxyl groups is 1. The van der Waals surface area contributed by atoms with E-state index in [1.54, 1.807) is 11.7 Å². The smallest absolute Gasteiger partial charge is 0.389 e. The van der Waals surface area contributed by atoms with Crippen molar-refractivity contribution in [1.82, 2.24) is 9.78 Å². The number of halogens is 3. The standard InChI is InChI=1S/C14H21F3N2O/c1-3-11-8-12(19(2)18-11)9-13(20)6-4-10(5-7-13)14(15,16)17/h8,10,20H,3-7,9H2,1-2H3. The Morgan fingerprint density at radius 1 is 1.40 bits per heavy atom. The van der Waals surface area contributed by atoms with Crippen molar-refractivity contribution in [3.05, 3.63) is 17.5 Å². The molecule has 0 bridgehead atoms. The van der Waals surface area contributed by atoms with Gasteiger partial charge in [0.2, 0.25) is 0 Å². The quantitative estimate of drug-likeness (QED) is 0.929. The zero-order chi connectivity index (χ0) is 15.0. The highest BCUT2D eigenvalue weighted by Gasteiger charge is 2.45. The van der Waals surface area contributed by atoms with E-state index in [1.807, 2.05) is 13.0 Å². The minimum Gasteiger partial charge on any atom is -0.389 e. The van der Waals surface area contributed by atoms with E-state index in [0.29, 0.717) is 6.42 Å². The monoisotopic (exact) mass is 290 g/mol. The molecule has 1 aromatic rings. The molecule has 0 amide bonds. The Morgan fingerprint density at radius 2 is 2.00 bits per heavy atom. The first-order valence-electron chi connectivity index (χ1n) is 7.04. The predicted octanol–water partition coefficient (Wildman–Crippen LogP) is 3.01. The van der Waals surface area contributed by atoms with Gasteiger partial charge in [0.25, 0.3) is 0 Å². The zero-order valence-electron chi connectivity index (χ0n) is 11.9. The molecule has 1 N–H and O–H groups in total. The maximum atomic E-state index is 12.6. The van der Waals surface area contributed by atoms with Gasteiger partial charge in [0.15, 0.2) is 0 Å². The maximum absolute atomic E-state index is 12.6. The van der Waals surface area contributed by atoms with E-state index in [2.05, 4.69) is 5.10 Å². The number of hydrogen-bond donors (Lipinski definition) is 1. The van der Waals surface area contributed by atoms with Crippen LogP contribution in [-0.2, 0) is 19.9 Å². The van der Waals surface area contributed by atoms with Gasteiger partial charge in [-0.3, -0.25) is 4.68 Å². The van der Waals surface area contributed by atoms with Crippen molar-refractivity contribution in [2.75, 3.05) is 0 Å². The fraction of sp³-hybridized carbons (Fsp3) is 0.786. The first kappa shape index (κ1) is 15.4. The second kappa shape index (κ2) is 5.39. The molecule has 1 fully saturated rings. The lowest BCUT2D eigenvalue weighted by Crippen LogP contribution is -2.40. The average molecular weight is 290 g/mol. The lowest BCUT2D eigenvalue weighted by Gasteiger charge is -2.36. The second-order valence-electron chi connectivity index (χ2n) is 5.82. The topological polar surface area (TPSA) is 38.0 Å². The molecule has 3 nitrogen and oxygen atoms in total. The van der Waals surface area contributed by atoms with E-state index in [4.69, 9.17) is 0 Å². The van der Waals surface area contributed by atoms with Crippen molar-refractivity contribution in [3.63, 3.8) is 0 Å². The Bertz CT molecular complexity index is 459. The van der Waals surface area contributed by atoms with Gasteiger partial charge in [-0.05, 0) is 38.2 Å². The van der Waals surface area contributed by atoms with Gasteiger partial charge in [-0.1, -0.05) is 6.92 Å². The third-order valence-electron chi connectivity index (χ3n) is 4.28. The van der Waals surface area contributed by atoms with Crippen molar-refractivity contribution in [2.24, 2.45) is 13.0 Å². The number of aromatic nitrogens is 2. The molecule has 1 aliphatic carbocycles. The Labute approximate surface area is 116 Å². The van der Waals surface area contributed by atoms with Crippen LogP contribution in [-0.4, -0.2) is 26.7 Å². The predicted molar refractivity (Wildman–Crippen MR) is 69.3 cm³/mol.